The van der Waals surface area contributed by atoms with Gasteiger partial charge in [-0.1, -0.05) is 47.5 Å². The summed E-state index contributed by atoms with van der Waals surface area (Å²) in [5, 5.41) is 10.7. The number of nitrogens with one attached hydrogen (secondary N) is 2. The average molecular weight is 547 g/mol. The summed E-state index contributed by atoms with van der Waals surface area (Å²) >= 11 is 12.0. The molecule has 1 amide bonds. The van der Waals surface area contributed by atoms with Gasteiger partial charge in [-0.15, -0.1) is 0 Å². The predicted molar refractivity (Wildman–Crippen MR) is 132 cm³/mol. The summed E-state index contributed by atoms with van der Waals surface area (Å²) in [5.74, 6) is -2.48. The predicted octanol–water partition coefficient (Wildman–Crippen LogP) is 6.59. The van der Waals surface area contributed by atoms with Gasteiger partial charge in [0.2, 0.25) is 0 Å². The minimum atomic E-state index is -4.52. The minimum Gasteiger partial charge on any atom is -0.476 e. The van der Waals surface area contributed by atoms with Crippen LogP contribution in [-0.4, -0.2) is 27.0 Å². The van der Waals surface area contributed by atoms with E-state index in [1.807, 2.05) is 0 Å². The van der Waals surface area contributed by atoms with Crippen LogP contribution >= 0.6 is 23.2 Å². The van der Waals surface area contributed by atoms with E-state index in [0.29, 0.717) is 21.2 Å². The van der Waals surface area contributed by atoms with Gasteiger partial charge < -0.3 is 5.11 Å². The molecule has 1 aromatic heterocycles. The highest BCUT2D eigenvalue weighted by molar-refractivity contribution is 6.31. The molecule has 0 fully saturated rings. The molecule has 3 N–H and O–H groups in total. The first kappa shape index (κ1) is 25.9. The molecule has 0 spiro atoms. The van der Waals surface area contributed by atoms with E-state index in [-0.39, 0.29) is 17.1 Å². The number of aromatic nitrogens is 2. The number of nitrogens with zero attached hydrogens (tertiary/aromatic N) is 2. The largest absolute Gasteiger partial charge is 0.476 e. The Balaban J connectivity index is 1.73. The summed E-state index contributed by atoms with van der Waals surface area (Å²) in [5.41, 5.74) is 4.19. The Labute approximate surface area is 217 Å². The molecule has 1 heterocycles. The number of hydrogen-bond acceptors (Lipinski definition) is 5. The molecule has 12 heteroatoms. The maximum atomic E-state index is 12.9. The van der Waals surface area contributed by atoms with Gasteiger partial charge in [-0.05, 0) is 48.5 Å². The van der Waals surface area contributed by atoms with Crippen LogP contribution in [0.1, 0.15) is 26.5 Å². The minimum absolute atomic E-state index is 0.127. The Morgan fingerprint density at radius 3 is 1.62 bits per heavy atom. The maximum Gasteiger partial charge on any atom is 0.416 e. The fourth-order valence-corrected chi connectivity index (χ4v) is 3.54. The van der Waals surface area contributed by atoms with E-state index in [2.05, 4.69) is 20.8 Å². The molecular weight excluding hydrogens is 532 g/mol. The molecule has 7 nitrogen and oxygen atoms in total. The van der Waals surface area contributed by atoms with E-state index in [1.54, 1.807) is 48.5 Å². The van der Waals surface area contributed by atoms with E-state index < -0.39 is 35.0 Å². The number of hydrogen-bond donors (Lipinski definition) is 3. The number of carbonyl (C=O) groups excluding carboxylic acids is 1. The van der Waals surface area contributed by atoms with Crippen LogP contribution < -0.4 is 10.9 Å². The number of carbonyl (C=O) groups is 2. The fourth-order valence-electron chi connectivity index (χ4n) is 3.29. The molecule has 0 atom stereocenters. The standard InChI is InChI=1S/C25H15Cl2F3N4O3/c26-16-7-1-13(2-8-16)19-20(14-3-9-17(27)10-4-14)32-22(24(36)37)21(31-19)23(35)34-33-18-11-5-15(6-12-18)25(28,29)30/h1-12,33H,(H,34,35)(H,36,37). The van der Waals surface area contributed by atoms with Crippen LogP contribution in [-0.2, 0) is 6.18 Å². The van der Waals surface area contributed by atoms with E-state index in [1.165, 1.54) is 0 Å². The first-order valence-electron chi connectivity index (χ1n) is 10.4. The summed E-state index contributed by atoms with van der Waals surface area (Å²) in [6.45, 7) is 0. The zero-order chi connectivity index (χ0) is 26.7. The van der Waals surface area contributed by atoms with Crippen molar-refractivity contribution in [3.63, 3.8) is 0 Å². The van der Waals surface area contributed by atoms with Crippen LogP contribution in [0.3, 0.4) is 0 Å². The number of anilines is 1. The van der Waals surface area contributed by atoms with Crippen molar-refractivity contribution in [2.24, 2.45) is 0 Å². The van der Waals surface area contributed by atoms with Crippen molar-refractivity contribution in [3.8, 4) is 22.5 Å². The molecule has 0 aliphatic carbocycles. The second kappa shape index (κ2) is 10.5. The lowest BCUT2D eigenvalue weighted by Gasteiger charge is -2.14. The van der Waals surface area contributed by atoms with Gasteiger partial charge >= 0.3 is 12.1 Å². The van der Waals surface area contributed by atoms with Crippen LogP contribution in [0.5, 0.6) is 0 Å². The maximum absolute atomic E-state index is 12.9. The van der Waals surface area contributed by atoms with Crippen LogP contribution in [0.25, 0.3) is 22.5 Å². The Bertz CT molecular complexity index is 1460. The van der Waals surface area contributed by atoms with Gasteiger partial charge in [0.1, 0.15) is 0 Å². The van der Waals surface area contributed by atoms with E-state index in [9.17, 15) is 27.9 Å². The molecule has 0 unspecified atom stereocenters. The van der Waals surface area contributed by atoms with Crippen LogP contribution in [0.4, 0.5) is 18.9 Å². The molecular formula is C25H15Cl2F3N4O3. The highest BCUT2D eigenvalue weighted by Gasteiger charge is 2.30. The molecule has 3 aromatic carbocycles. The first-order chi connectivity index (χ1) is 17.5. The second-order valence-electron chi connectivity index (χ2n) is 7.59. The van der Waals surface area contributed by atoms with Crippen LogP contribution in [0.15, 0.2) is 72.8 Å². The Morgan fingerprint density at radius 1 is 0.730 bits per heavy atom. The third kappa shape index (κ3) is 5.99. The Hall–Kier alpha value is -4.15. The van der Waals surface area contributed by atoms with Crippen LogP contribution in [0.2, 0.25) is 10.0 Å². The van der Waals surface area contributed by atoms with Gasteiger partial charge in [0.15, 0.2) is 11.4 Å². The van der Waals surface area contributed by atoms with Crippen molar-refractivity contribution in [3.05, 3.63) is 99.8 Å². The number of carboxylic acids is 1. The number of carboxylic acid groups (broad SMARTS) is 1. The molecule has 4 rings (SSSR count). The molecule has 0 aliphatic rings. The Morgan fingerprint density at radius 2 is 1.19 bits per heavy atom. The van der Waals surface area contributed by atoms with Crippen molar-refractivity contribution in [2.75, 3.05) is 5.43 Å². The van der Waals surface area contributed by atoms with Gasteiger partial charge in [0.05, 0.1) is 22.6 Å². The summed E-state index contributed by atoms with van der Waals surface area (Å²) < 4.78 is 38.3. The number of aromatic carboxylic acids is 1. The normalized spacial score (nSPS) is 11.2. The summed E-state index contributed by atoms with van der Waals surface area (Å²) in [6.07, 6.45) is -4.52. The van der Waals surface area contributed by atoms with Crippen molar-refractivity contribution >= 4 is 40.8 Å². The van der Waals surface area contributed by atoms with Gasteiger partial charge in [-0.2, -0.15) is 13.2 Å². The molecule has 0 aliphatic heterocycles. The van der Waals surface area contributed by atoms with Crippen molar-refractivity contribution in [1.29, 1.82) is 0 Å². The number of hydrazine groups is 1. The lowest BCUT2D eigenvalue weighted by molar-refractivity contribution is -0.137. The Kier molecular flexibility index (Phi) is 7.33. The lowest BCUT2D eigenvalue weighted by atomic mass is 10.0. The van der Waals surface area contributed by atoms with Gasteiger partial charge in [0, 0.05) is 21.2 Å². The molecule has 0 bridgehead atoms. The smallest absolute Gasteiger partial charge is 0.416 e. The second-order valence-corrected chi connectivity index (χ2v) is 8.46. The molecule has 0 saturated heterocycles. The summed E-state index contributed by atoms with van der Waals surface area (Å²) in [7, 11) is 0. The molecule has 0 radical (unpaired) electrons. The molecule has 0 saturated carbocycles. The lowest BCUT2D eigenvalue weighted by Crippen LogP contribution is -2.32. The van der Waals surface area contributed by atoms with Crippen molar-refractivity contribution in [1.82, 2.24) is 15.4 Å². The molecule has 188 valence electrons. The highest BCUT2D eigenvalue weighted by Crippen LogP contribution is 2.32. The third-order valence-electron chi connectivity index (χ3n) is 5.08. The fraction of sp³-hybridized carbons (Fsp3) is 0.0400. The zero-order valence-electron chi connectivity index (χ0n) is 18.5. The topological polar surface area (TPSA) is 104 Å². The van der Waals surface area contributed by atoms with Crippen molar-refractivity contribution in [2.45, 2.75) is 6.18 Å². The SMILES string of the molecule is O=C(O)c1nc(-c2ccc(Cl)cc2)c(-c2ccc(Cl)cc2)nc1C(=O)NNc1ccc(C(F)(F)F)cc1. The summed E-state index contributed by atoms with van der Waals surface area (Å²) in [4.78, 5) is 33.5. The molecule has 37 heavy (non-hydrogen) atoms. The van der Waals surface area contributed by atoms with Gasteiger partial charge in [0.25, 0.3) is 5.91 Å². The monoisotopic (exact) mass is 546 g/mol. The average Bonchev–Trinajstić information content (AvgIpc) is 2.87. The number of halogens is 5. The number of amides is 1. The number of rotatable bonds is 6. The third-order valence-corrected chi connectivity index (χ3v) is 5.59. The van der Waals surface area contributed by atoms with Crippen LogP contribution in [0, 0.1) is 0 Å². The number of benzene rings is 3. The van der Waals surface area contributed by atoms with E-state index in [0.717, 1.165) is 24.3 Å². The zero-order valence-corrected chi connectivity index (χ0v) is 20.0. The van der Waals surface area contributed by atoms with Crippen molar-refractivity contribution < 1.29 is 27.9 Å². The highest BCUT2D eigenvalue weighted by atomic mass is 35.5. The van der Waals surface area contributed by atoms with E-state index >= 15 is 0 Å². The first-order valence-corrected chi connectivity index (χ1v) is 11.2. The molecule has 4 aromatic rings. The number of alkyl halides is 3. The quantitative estimate of drug-likeness (QED) is 0.235. The van der Waals surface area contributed by atoms with E-state index in [4.69, 9.17) is 23.2 Å². The summed E-state index contributed by atoms with van der Waals surface area (Å²) in [6, 6.07) is 16.8. The van der Waals surface area contributed by atoms with Gasteiger partial charge in [-0.25, -0.2) is 14.8 Å². The van der Waals surface area contributed by atoms with Gasteiger partial charge in [-0.3, -0.25) is 15.6 Å².